The van der Waals surface area contributed by atoms with Crippen molar-refractivity contribution >= 4 is 43.9 Å². The van der Waals surface area contributed by atoms with Gasteiger partial charge in [-0.2, -0.15) is 0 Å². The smallest absolute Gasteiger partial charge is 0.328 e. The highest BCUT2D eigenvalue weighted by Gasteiger charge is 2.25. The van der Waals surface area contributed by atoms with Crippen LogP contribution in [0.15, 0.2) is 28.5 Å². The second kappa shape index (κ2) is 10.4. The molecule has 10 nitrogen and oxygen atoms in total. The van der Waals surface area contributed by atoms with Crippen LogP contribution < -0.4 is 19.8 Å². The molecule has 0 unspecified atom stereocenters. The number of carbonyl (C=O) groups excluding carboxylic acids is 1. The van der Waals surface area contributed by atoms with Crippen LogP contribution in [0.1, 0.15) is 12.1 Å². The first kappa shape index (κ1) is 23.4. The fourth-order valence-corrected chi connectivity index (χ4v) is 5.47. The van der Waals surface area contributed by atoms with Crippen molar-refractivity contribution in [3.63, 3.8) is 0 Å². The number of nitrogens with one attached hydrogen (secondary N) is 2. The van der Waals surface area contributed by atoms with E-state index in [1.54, 1.807) is 6.92 Å². The van der Waals surface area contributed by atoms with Gasteiger partial charge < -0.3 is 20.1 Å². The number of aliphatic hydroxyl groups excluding tert-OH is 1. The van der Waals surface area contributed by atoms with Crippen LogP contribution in [0.4, 0.5) is 21.3 Å². The molecular weight excluding hydrogens is 442 g/mol. The topological polar surface area (TPSA) is 124 Å². The molecule has 3 N–H and O–H groups in total. The van der Waals surface area contributed by atoms with Gasteiger partial charge in [0.2, 0.25) is 0 Å². The highest BCUT2D eigenvalue weighted by Crippen LogP contribution is 2.30. The summed E-state index contributed by atoms with van der Waals surface area (Å²) in [5.74, 6) is 0. The molecular formula is C19H27N5O5S2. The molecule has 2 amide bonds. The Kier molecular flexibility index (Phi) is 7.84. The van der Waals surface area contributed by atoms with Crippen molar-refractivity contribution in [2.75, 3.05) is 61.6 Å². The second-order valence-corrected chi connectivity index (χ2v) is 9.94. The number of hydrogen-bond donors (Lipinski definition) is 3. The number of nitrogens with zero attached hydrogens (tertiary/aromatic N) is 3. The molecule has 170 valence electrons. The van der Waals surface area contributed by atoms with Crippen LogP contribution in [-0.2, 0) is 14.8 Å². The number of morpholine rings is 1. The Hall–Kier alpha value is -2.25. The maximum atomic E-state index is 13.0. The van der Waals surface area contributed by atoms with Crippen molar-refractivity contribution < 1.29 is 23.1 Å². The number of ether oxygens (including phenoxy) is 1. The summed E-state index contributed by atoms with van der Waals surface area (Å²) in [5, 5.41) is 12.3. The van der Waals surface area contributed by atoms with Gasteiger partial charge in [-0.15, -0.1) is 0 Å². The molecule has 0 aliphatic carbocycles. The maximum Gasteiger partial charge on any atom is 0.328 e. The van der Waals surface area contributed by atoms with E-state index in [0.29, 0.717) is 31.0 Å². The van der Waals surface area contributed by atoms with Crippen LogP contribution in [0.2, 0.25) is 0 Å². The number of sulfonamides is 1. The van der Waals surface area contributed by atoms with Gasteiger partial charge in [0, 0.05) is 37.6 Å². The van der Waals surface area contributed by atoms with Gasteiger partial charge in [-0.1, -0.05) is 11.3 Å². The normalized spacial score (nSPS) is 14.5. The molecule has 3 rings (SSSR count). The Labute approximate surface area is 185 Å². The van der Waals surface area contributed by atoms with E-state index in [9.17, 15) is 18.3 Å². The number of benzene rings is 1. The Morgan fingerprint density at radius 3 is 2.58 bits per heavy atom. The number of aromatic nitrogens is 1. The van der Waals surface area contributed by atoms with E-state index < -0.39 is 16.1 Å². The number of aryl methyl sites for hydroxylation is 1. The van der Waals surface area contributed by atoms with E-state index >= 15 is 0 Å². The molecule has 12 heteroatoms. The van der Waals surface area contributed by atoms with E-state index in [2.05, 4.69) is 19.9 Å². The molecule has 1 aliphatic heterocycles. The number of anilines is 3. The van der Waals surface area contributed by atoms with Crippen molar-refractivity contribution in [3.8, 4) is 0 Å². The Balaban J connectivity index is 1.76. The van der Waals surface area contributed by atoms with E-state index in [1.165, 1.54) is 11.9 Å². The average molecular weight is 470 g/mol. The standard InChI is InChI=1S/C19H27N5O5S2/c1-14-17(31(27,28)20-2)30-19(21-14)24(8-3-11-25)18(26)22-15-4-6-16(7-5-15)23-9-12-29-13-10-23/h4-7,20,25H,3,8-13H2,1-2H3,(H,22,26). The molecule has 0 spiro atoms. The molecule has 0 radical (unpaired) electrons. The summed E-state index contributed by atoms with van der Waals surface area (Å²) in [4.78, 5) is 20.8. The molecule has 31 heavy (non-hydrogen) atoms. The highest BCUT2D eigenvalue weighted by atomic mass is 32.2. The Morgan fingerprint density at radius 2 is 1.97 bits per heavy atom. The fraction of sp³-hybridized carbons (Fsp3) is 0.474. The molecule has 0 saturated carbocycles. The van der Waals surface area contributed by atoms with Gasteiger partial charge in [0.15, 0.2) is 9.34 Å². The van der Waals surface area contributed by atoms with Crippen molar-refractivity contribution in [1.29, 1.82) is 0 Å². The van der Waals surface area contributed by atoms with Crippen LogP contribution in [0, 0.1) is 6.92 Å². The quantitative estimate of drug-likeness (QED) is 0.537. The largest absolute Gasteiger partial charge is 0.396 e. The minimum absolute atomic E-state index is 0.0571. The summed E-state index contributed by atoms with van der Waals surface area (Å²) in [6.07, 6.45) is 0.329. The van der Waals surface area contributed by atoms with Crippen molar-refractivity contribution in [2.45, 2.75) is 17.6 Å². The third-order valence-corrected chi connectivity index (χ3v) is 7.97. The van der Waals surface area contributed by atoms with E-state index in [1.807, 2.05) is 24.3 Å². The van der Waals surface area contributed by atoms with Crippen LogP contribution in [-0.4, -0.2) is 71.0 Å². The van der Waals surface area contributed by atoms with Crippen LogP contribution in [0.25, 0.3) is 0 Å². The van der Waals surface area contributed by atoms with Crippen LogP contribution >= 0.6 is 11.3 Å². The number of hydrogen-bond acceptors (Lipinski definition) is 8. The average Bonchev–Trinajstić information content (AvgIpc) is 3.17. The zero-order valence-electron chi connectivity index (χ0n) is 17.5. The van der Waals surface area contributed by atoms with Crippen LogP contribution in [0.5, 0.6) is 0 Å². The maximum absolute atomic E-state index is 13.0. The molecule has 0 bridgehead atoms. The lowest BCUT2D eigenvalue weighted by Gasteiger charge is -2.29. The minimum atomic E-state index is -3.68. The molecule has 2 aromatic rings. The van der Waals surface area contributed by atoms with Gasteiger partial charge in [0.25, 0.3) is 10.0 Å². The summed E-state index contributed by atoms with van der Waals surface area (Å²) in [7, 11) is -2.35. The lowest BCUT2D eigenvalue weighted by Crippen LogP contribution is -2.36. The monoisotopic (exact) mass is 469 g/mol. The summed E-state index contributed by atoms with van der Waals surface area (Å²) in [6.45, 7) is 4.69. The van der Waals surface area contributed by atoms with E-state index in [-0.39, 0.29) is 22.5 Å². The number of thiazole rings is 1. The van der Waals surface area contributed by atoms with Crippen molar-refractivity contribution in [1.82, 2.24) is 9.71 Å². The number of carbonyl (C=O) groups is 1. The number of aliphatic hydroxyl groups is 1. The molecule has 0 atom stereocenters. The lowest BCUT2D eigenvalue weighted by atomic mass is 10.2. The number of urea groups is 1. The molecule has 2 heterocycles. The zero-order chi connectivity index (χ0) is 22.4. The van der Waals surface area contributed by atoms with Gasteiger partial charge in [0.1, 0.15) is 0 Å². The molecule has 1 aromatic carbocycles. The third kappa shape index (κ3) is 5.71. The lowest BCUT2D eigenvalue weighted by molar-refractivity contribution is 0.122. The van der Waals surface area contributed by atoms with Crippen molar-refractivity contribution in [3.05, 3.63) is 30.0 Å². The van der Waals surface area contributed by atoms with Crippen molar-refractivity contribution in [2.24, 2.45) is 0 Å². The number of amides is 2. The fourth-order valence-electron chi connectivity index (χ4n) is 3.11. The number of rotatable bonds is 8. The molecule has 1 fully saturated rings. The van der Waals surface area contributed by atoms with E-state index in [4.69, 9.17) is 4.74 Å². The zero-order valence-corrected chi connectivity index (χ0v) is 19.1. The van der Waals surface area contributed by atoms with Gasteiger partial charge in [0.05, 0.1) is 18.9 Å². The predicted molar refractivity (Wildman–Crippen MR) is 121 cm³/mol. The first-order valence-corrected chi connectivity index (χ1v) is 12.2. The SMILES string of the molecule is CNS(=O)(=O)c1sc(N(CCCO)C(=O)Nc2ccc(N3CCOCC3)cc2)nc1C. The summed E-state index contributed by atoms with van der Waals surface area (Å²) < 4.78 is 32.1. The summed E-state index contributed by atoms with van der Waals surface area (Å²) >= 11 is 0.913. The predicted octanol–water partition coefficient (Wildman–Crippen LogP) is 1.62. The first-order valence-electron chi connectivity index (χ1n) is 9.89. The van der Waals surface area contributed by atoms with Gasteiger partial charge in [-0.05, 0) is 44.7 Å². The van der Waals surface area contributed by atoms with Gasteiger partial charge >= 0.3 is 6.03 Å². The molecule has 1 aliphatic rings. The summed E-state index contributed by atoms with van der Waals surface area (Å²) in [6, 6.07) is 7.05. The first-order chi connectivity index (χ1) is 14.9. The third-order valence-electron chi connectivity index (χ3n) is 4.77. The van der Waals surface area contributed by atoms with Gasteiger partial charge in [-0.3, -0.25) is 4.90 Å². The van der Waals surface area contributed by atoms with Gasteiger partial charge in [-0.25, -0.2) is 22.9 Å². The Morgan fingerprint density at radius 1 is 1.29 bits per heavy atom. The molecule has 1 saturated heterocycles. The van der Waals surface area contributed by atoms with E-state index in [0.717, 1.165) is 30.1 Å². The highest BCUT2D eigenvalue weighted by molar-refractivity contribution is 7.91. The van der Waals surface area contributed by atoms with Crippen LogP contribution in [0.3, 0.4) is 0 Å². The Bertz CT molecular complexity index is 988. The second-order valence-electron chi connectivity index (χ2n) is 6.88. The molecule has 1 aromatic heterocycles. The summed E-state index contributed by atoms with van der Waals surface area (Å²) in [5.41, 5.74) is 1.97. The minimum Gasteiger partial charge on any atom is -0.396 e.